The average molecular weight is 339 g/mol. The highest BCUT2D eigenvalue weighted by atomic mass is 16.5. The van der Waals surface area contributed by atoms with Gasteiger partial charge in [-0.05, 0) is 48.4 Å². The first-order chi connectivity index (χ1) is 12.0. The van der Waals surface area contributed by atoms with E-state index in [2.05, 4.69) is 37.4 Å². The van der Waals surface area contributed by atoms with E-state index in [0.717, 1.165) is 29.7 Å². The lowest BCUT2D eigenvalue weighted by atomic mass is 9.96. The summed E-state index contributed by atoms with van der Waals surface area (Å²) in [4.78, 5) is 12.5. The molecule has 0 bridgehead atoms. The molecule has 25 heavy (non-hydrogen) atoms. The molecule has 3 heteroatoms. The predicted octanol–water partition coefficient (Wildman–Crippen LogP) is 4.84. The van der Waals surface area contributed by atoms with E-state index in [-0.39, 0.29) is 11.9 Å². The van der Waals surface area contributed by atoms with E-state index in [9.17, 15) is 4.79 Å². The van der Waals surface area contributed by atoms with Crippen LogP contribution in [-0.2, 0) is 11.2 Å². The molecule has 0 aliphatic carbocycles. The Morgan fingerprint density at radius 2 is 1.84 bits per heavy atom. The van der Waals surface area contributed by atoms with Gasteiger partial charge in [0.15, 0.2) is 0 Å². The van der Waals surface area contributed by atoms with Crippen LogP contribution < -0.4 is 10.1 Å². The van der Waals surface area contributed by atoms with Gasteiger partial charge in [-0.3, -0.25) is 4.79 Å². The molecule has 1 atom stereocenters. The molecule has 3 nitrogen and oxygen atoms in total. The summed E-state index contributed by atoms with van der Waals surface area (Å²) in [6, 6.07) is 16.4. The second kappa shape index (κ2) is 9.26. The Morgan fingerprint density at radius 3 is 2.44 bits per heavy atom. The zero-order chi connectivity index (χ0) is 18.2. The number of rotatable bonds is 8. The predicted molar refractivity (Wildman–Crippen MR) is 103 cm³/mol. The van der Waals surface area contributed by atoms with E-state index in [1.165, 1.54) is 5.56 Å². The van der Waals surface area contributed by atoms with Crippen molar-refractivity contribution in [2.45, 2.75) is 46.1 Å². The quantitative estimate of drug-likeness (QED) is 0.747. The summed E-state index contributed by atoms with van der Waals surface area (Å²) in [7, 11) is 1.67. The SMILES string of the molecule is COc1ccc(CCC(=O)N[C@H](CC(C)C)c2ccccc2)cc1C. The molecule has 2 rings (SSSR count). The topological polar surface area (TPSA) is 38.3 Å². The Hall–Kier alpha value is -2.29. The van der Waals surface area contributed by atoms with E-state index in [1.54, 1.807) is 7.11 Å². The minimum Gasteiger partial charge on any atom is -0.496 e. The fourth-order valence-electron chi connectivity index (χ4n) is 3.06. The summed E-state index contributed by atoms with van der Waals surface area (Å²) in [5, 5.41) is 3.21. The van der Waals surface area contributed by atoms with Gasteiger partial charge in [-0.15, -0.1) is 0 Å². The van der Waals surface area contributed by atoms with Gasteiger partial charge in [0.2, 0.25) is 5.91 Å². The number of ether oxygens (including phenoxy) is 1. The van der Waals surface area contributed by atoms with Crippen LogP contribution in [0.15, 0.2) is 48.5 Å². The first-order valence-electron chi connectivity index (χ1n) is 8.97. The fraction of sp³-hybridized carbons (Fsp3) is 0.409. The summed E-state index contributed by atoms with van der Waals surface area (Å²) in [5.41, 5.74) is 3.43. The molecule has 0 radical (unpaired) electrons. The number of amides is 1. The van der Waals surface area contributed by atoms with Gasteiger partial charge < -0.3 is 10.1 Å². The van der Waals surface area contributed by atoms with Crippen molar-refractivity contribution in [3.05, 3.63) is 65.2 Å². The molecule has 0 unspecified atom stereocenters. The first-order valence-corrected chi connectivity index (χ1v) is 8.97. The first kappa shape index (κ1) is 19.0. The van der Waals surface area contributed by atoms with Crippen molar-refractivity contribution < 1.29 is 9.53 Å². The van der Waals surface area contributed by atoms with Gasteiger partial charge >= 0.3 is 0 Å². The number of methoxy groups -OCH3 is 1. The second-order valence-corrected chi connectivity index (χ2v) is 6.96. The molecule has 0 aromatic heterocycles. The molecule has 0 fully saturated rings. The highest BCUT2D eigenvalue weighted by Gasteiger charge is 2.16. The zero-order valence-electron chi connectivity index (χ0n) is 15.7. The molecule has 0 heterocycles. The van der Waals surface area contributed by atoms with Crippen LogP contribution in [0.3, 0.4) is 0 Å². The normalized spacial score (nSPS) is 12.0. The summed E-state index contributed by atoms with van der Waals surface area (Å²) in [6.45, 7) is 6.39. The molecular formula is C22H29NO2. The Balaban J connectivity index is 1.96. The van der Waals surface area contributed by atoms with Gasteiger partial charge in [-0.1, -0.05) is 56.3 Å². The highest BCUT2D eigenvalue weighted by molar-refractivity contribution is 5.76. The largest absolute Gasteiger partial charge is 0.496 e. The third-order valence-electron chi connectivity index (χ3n) is 4.34. The summed E-state index contributed by atoms with van der Waals surface area (Å²) >= 11 is 0. The van der Waals surface area contributed by atoms with Crippen molar-refractivity contribution in [3.8, 4) is 5.75 Å². The van der Waals surface area contributed by atoms with E-state index in [4.69, 9.17) is 4.74 Å². The Morgan fingerprint density at radius 1 is 1.12 bits per heavy atom. The van der Waals surface area contributed by atoms with Gasteiger partial charge in [-0.25, -0.2) is 0 Å². The minimum absolute atomic E-state index is 0.0753. The molecule has 0 aliphatic rings. The highest BCUT2D eigenvalue weighted by Crippen LogP contribution is 2.22. The molecule has 0 saturated carbocycles. The van der Waals surface area contributed by atoms with Crippen LogP contribution in [0, 0.1) is 12.8 Å². The van der Waals surface area contributed by atoms with Crippen LogP contribution in [0.5, 0.6) is 5.75 Å². The summed E-state index contributed by atoms with van der Waals surface area (Å²) in [6.07, 6.45) is 2.17. The van der Waals surface area contributed by atoms with E-state index in [1.807, 2.05) is 37.3 Å². The Kier molecular flexibility index (Phi) is 7.05. The van der Waals surface area contributed by atoms with Gasteiger partial charge in [0, 0.05) is 6.42 Å². The van der Waals surface area contributed by atoms with Crippen LogP contribution in [-0.4, -0.2) is 13.0 Å². The smallest absolute Gasteiger partial charge is 0.220 e. The van der Waals surface area contributed by atoms with E-state index >= 15 is 0 Å². The summed E-state index contributed by atoms with van der Waals surface area (Å²) < 4.78 is 5.28. The van der Waals surface area contributed by atoms with Crippen molar-refractivity contribution >= 4 is 5.91 Å². The summed E-state index contributed by atoms with van der Waals surface area (Å²) in [5.74, 6) is 1.51. The lowest BCUT2D eigenvalue weighted by molar-refractivity contribution is -0.121. The van der Waals surface area contributed by atoms with Crippen LogP contribution in [0.25, 0.3) is 0 Å². The van der Waals surface area contributed by atoms with Crippen molar-refractivity contribution in [3.63, 3.8) is 0 Å². The van der Waals surface area contributed by atoms with Gasteiger partial charge in [0.1, 0.15) is 5.75 Å². The van der Waals surface area contributed by atoms with Crippen molar-refractivity contribution in [2.24, 2.45) is 5.92 Å². The number of carbonyl (C=O) groups is 1. The second-order valence-electron chi connectivity index (χ2n) is 6.96. The third-order valence-corrected chi connectivity index (χ3v) is 4.34. The van der Waals surface area contributed by atoms with Crippen LogP contribution in [0.1, 0.15) is 49.4 Å². The molecular weight excluding hydrogens is 310 g/mol. The maximum absolute atomic E-state index is 12.5. The average Bonchev–Trinajstić information content (AvgIpc) is 2.60. The van der Waals surface area contributed by atoms with Gasteiger partial charge in [-0.2, -0.15) is 0 Å². The Labute approximate surface area is 151 Å². The minimum atomic E-state index is 0.0753. The standard InChI is InChI=1S/C22H29NO2/c1-16(2)14-20(19-8-6-5-7-9-19)23-22(24)13-11-18-10-12-21(25-4)17(3)15-18/h5-10,12,15-16,20H,11,13-14H2,1-4H3,(H,23,24)/t20-/m1/s1. The molecule has 2 aromatic carbocycles. The lowest BCUT2D eigenvalue weighted by Gasteiger charge is -2.21. The van der Waals surface area contributed by atoms with E-state index in [0.29, 0.717) is 12.3 Å². The molecule has 0 spiro atoms. The zero-order valence-corrected chi connectivity index (χ0v) is 15.7. The maximum atomic E-state index is 12.5. The Bertz CT molecular complexity index is 680. The van der Waals surface area contributed by atoms with Crippen LogP contribution in [0.2, 0.25) is 0 Å². The number of hydrogen-bond donors (Lipinski definition) is 1. The number of benzene rings is 2. The molecule has 2 aromatic rings. The number of aryl methyl sites for hydroxylation is 2. The van der Waals surface area contributed by atoms with Crippen molar-refractivity contribution in [1.82, 2.24) is 5.32 Å². The molecule has 1 N–H and O–H groups in total. The number of hydrogen-bond acceptors (Lipinski definition) is 2. The van der Waals surface area contributed by atoms with Crippen LogP contribution >= 0.6 is 0 Å². The van der Waals surface area contributed by atoms with Gasteiger partial charge in [0.05, 0.1) is 13.2 Å². The number of carbonyl (C=O) groups excluding carboxylic acids is 1. The molecule has 134 valence electrons. The van der Waals surface area contributed by atoms with E-state index < -0.39 is 0 Å². The monoisotopic (exact) mass is 339 g/mol. The third kappa shape index (κ3) is 5.93. The molecule has 1 amide bonds. The maximum Gasteiger partial charge on any atom is 0.220 e. The van der Waals surface area contributed by atoms with Crippen molar-refractivity contribution in [1.29, 1.82) is 0 Å². The van der Waals surface area contributed by atoms with Crippen molar-refractivity contribution in [2.75, 3.05) is 7.11 Å². The van der Waals surface area contributed by atoms with Gasteiger partial charge in [0.25, 0.3) is 0 Å². The molecule has 0 saturated heterocycles. The van der Waals surface area contributed by atoms with Crippen LogP contribution in [0.4, 0.5) is 0 Å². The fourth-order valence-corrected chi connectivity index (χ4v) is 3.06. The number of nitrogens with one attached hydrogen (secondary N) is 1. The molecule has 0 aliphatic heterocycles. The lowest BCUT2D eigenvalue weighted by Crippen LogP contribution is -2.29.